The summed E-state index contributed by atoms with van der Waals surface area (Å²) in [4.78, 5) is 48.4. The van der Waals surface area contributed by atoms with E-state index in [1.54, 1.807) is 0 Å². The van der Waals surface area contributed by atoms with Gasteiger partial charge in [0.25, 0.3) is 0 Å². The fourth-order valence-electron chi connectivity index (χ4n) is 5.96. The Labute approximate surface area is 197 Å². The van der Waals surface area contributed by atoms with E-state index in [-0.39, 0.29) is 44.7 Å². The van der Waals surface area contributed by atoms with Gasteiger partial charge in [-0.1, -0.05) is 13.2 Å². The molecule has 2 atom stereocenters. The Kier molecular flexibility index (Phi) is 8.14. The third-order valence-electron chi connectivity index (χ3n) is 6.91. The van der Waals surface area contributed by atoms with Crippen LogP contribution in [0.15, 0.2) is 25.3 Å². The highest BCUT2D eigenvalue weighted by atomic mass is 16.6. The fourth-order valence-corrected chi connectivity index (χ4v) is 5.96. The topological polar surface area (TPSA) is 146 Å². The third kappa shape index (κ3) is 5.85. The maximum Gasteiger partial charge on any atom is 0.330 e. The average molecular weight is 481 g/mol. The lowest BCUT2D eigenvalue weighted by atomic mass is 9.44. The Morgan fingerprint density at radius 3 is 1.44 bits per heavy atom. The van der Waals surface area contributed by atoms with Crippen molar-refractivity contribution in [2.45, 2.75) is 50.7 Å². The van der Waals surface area contributed by atoms with E-state index in [0.717, 1.165) is 18.6 Å². The average Bonchev–Trinajstić information content (AvgIpc) is 2.81. The lowest BCUT2D eigenvalue weighted by Gasteiger charge is -2.59. The van der Waals surface area contributed by atoms with Gasteiger partial charge in [-0.25, -0.2) is 9.59 Å². The summed E-state index contributed by atoms with van der Waals surface area (Å²) >= 11 is 0. The first-order valence-electron chi connectivity index (χ1n) is 11.4. The van der Waals surface area contributed by atoms with Crippen LogP contribution >= 0.6 is 0 Å². The van der Waals surface area contributed by atoms with E-state index in [1.165, 1.54) is 0 Å². The number of hydrogen-bond acceptors (Lipinski definition) is 10. The lowest BCUT2D eigenvalue weighted by Crippen LogP contribution is -2.58. The van der Waals surface area contributed by atoms with Gasteiger partial charge in [-0.15, -0.1) is 0 Å². The molecule has 10 nitrogen and oxygen atoms in total. The summed E-state index contributed by atoms with van der Waals surface area (Å²) in [5.74, 6) is -1.95. The van der Waals surface area contributed by atoms with Gasteiger partial charge >= 0.3 is 23.9 Å². The normalized spacial score (nSPS) is 30.5. The fraction of sp³-hybridized carbons (Fsp3) is 0.667. The standard InChI is InChI=1S/C24H32O10/c1-3-19(27)31-10-17(25)12-33-21(29)23-6-15-5-16(7-23)9-24(8-15,14-23)22(30)34-13-18(26)11-32-20(28)4-2/h3-4,15-18,25-26H,1-2,5-14H2. The number of hydrogen-bond donors (Lipinski definition) is 2. The number of ether oxygens (including phenoxy) is 4. The molecular formula is C24H32O10. The lowest BCUT2D eigenvalue weighted by molar-refractivity contribution is -0.197. The van der Waals surface area contributed by atoms with Gasteiger partial charge in [-0.3, -0.25) is 9.59 Å². The highest BCUT2D eigenvalue weighted by Gasteiger charge is 2.64. The summed E-state index contributed by atoms with van der Waals surface area (Å²) < 4.78 is 20.3. The number of aliphatic hydroxyl groups is 2. The summed E-state index contributed by atoms with van der Waals surface area (Å²) in [7, 11) is 0. The molecule has 4 saturated carbocycles. The van der Waals surface area contributed by atoms with Crippen molar-refractivity contribution < 1.29 is 48.3 Å². The first-order chi connectivity index (χ1) is 16.1. The molecule has 4 bridgehead atoms. The second-order valence-corrected chi connectivity index (χ2v) is 9.69. The van der Waals surface area contributed by atoms with Gasteiger partial charge in [0.2, 0.25) is 0 Å². The summed E-state index contributed by atoms with van der Waals surface area (Å²) in [6.07, 6.45) is 3.27. The number of carbonyl (C=O) groups is 4. The zero-order valence-corrected chi connectivity index (χ0v) is 19.1. The van der Waals surface area contributed by atoms with Gasteiger partial charge in [0.05, 0.1) is 10.8 Å². The molecule has 4 fully saturated rings. The number of carbonyl (C=O) groups excluding carboxylic acids is 4. The molecule has 0 aliphatic heterocycles. The second kappa shape index (κ2) is 10.7. The first kappa shape index (κ1) is 25.9. The van der Waals surface area contributed by atoms with E-state index in [4.69, 9.17) is 18.9 Å². The van der Waals surface area contributed by atoms with Gasteiger partial charge in [-0.2, -0.15) is 0 Å². The molecule has 0 heterocycles. The van der Waals surface area contributed by atoms with Crippen LogP contribution in [0.5, 0.6) is 0 Å². The van der Waals surface area contributed by atoms with Crippen LogP contribution in [0.2, 0.25) is 0 Å². The van der Waals surface area contributed by atoms with Crippen LogP contribution in [0.1, 0.15) is 38.5 Å². The molecule has 0 spiro atoms. The van der Waals surface area contributed by atoms with Crippen LogP contribution in [-0.4, -0.2) is 72.7 Å². The van der Waals surface area contributed by atoms with Crippen molar-refractivity contribution in [3.8, 4) is 0 Å². The molecule has 34 heavy (non-hydrogen) atoms. The van der Waals surface area contributed by atoms with E-state index >= 15 is 0 Å². The molecule has 0 aromatic heterocycles. The van der Waals surface area contributed by atoms with E-state index in [9.17, 15) is 29.4 Å². The number of esters is 4. The zero-order valence-electron chi connectivity index (χ0n) is 19.1. The smallest absolute Gasteiger partial charge is 0.330 e. The molecule has 4 aliphatic rings. The Bertz CT molecular complexity index is 756. The van der Waals surface area contributed by atoms with Crippen LogP contribution < -0.4 is 0 Å². The molecule has 0 saturated heterocycles. The van der Waals surface area contributed by atoms with Crippen molar-refractivity contribution in [2.75, 3.05) is 26.4 Å². The quantitative estimate of drug-likeness (QED) is 0.234. The molecule has 4 rings (SSSR count). The predicted molar refractivity (Wildman–Crippen MR) is 116 cm³/mol. The first-order valence-corrected chi connectivity index (χ1v) is 11.4. The van der Waals surface area contributed by atoms with Crippen molar-refractivity contribution in [1.29, 1.82) is 0 Å². The highest BCUT2D eigenvalue weighted by Crippen LogP contribution is 2.66. The van der Waals surface area contributed by atoms with Gasteiger partial charge < -0.3 is 29.2 Å². The molecule has 188 valence electrons. The number of rotatable bonds is 12. The summed E-state index contributed by atoms with van der Waals surface area (Å²) in [5.41, 5.74) is -1.67. The largest absolute Gasteiger partial charge is 0.462 e. The van der Waals surface area contributed by atoms with Crippen molar-refractivity contribution in [3.63, 3.8) is 0 Å². The van der Waals surface area contributed by atoms with Crippen LogP contribution in [0.25, 0.3) is 0 Å². The zero-order chi connectivity index (χ0) is 24.9. The molecule has 0 radical (unpaired) electrons. The van der Waals surface area contributed by atoms with Crippen LogP contribution in [0.3, 0.4) is 0 Å². The van der Waals surface area contributed by atoms with Crippen LogP contribution in [0.4, 0.5) is 0 Å². The predicted octanol–water partition coefficient (Wildman–Crippen LogP) is 0.840. The number of aliphatic hydroxyl groups excluding tert-OH is 2. The maximum absolute atomic E-state index is 13.1. The molecule has 10 heteroatoms. The molecule has 0 amide bonds. The maximum atomic E-state index is 13.1. The summed E-state index contributed by atoms with van der Waals surface area (Å²) in [6, 6.07) is 0. The van der Waals surface area contributed by atoms with E-state index in [2.05, 4.69) is 13.2 Å². The molecule has 2 N–H and O–H groups in total. The van der Waals surface area contributed by atoms with Crippen LogP contribution in [0, 0.1) is 22.7 Å². The second-order valence-electron chi connectivity index (χ2n) is 9.69. The van der Waals surface area contributed by atoms with E-state index in [0.29, 0.717) is 25.7 Å². The van der Waals surface area contributed by atoms with Crippen molar-refractivity contribution >= 4 is 23.9 Å². The molecular weight excluding hydrogens is 448 g/mol. The Hall–Kier alpha value is -2.72. The van der Waals surface area contributed by atoms with Crippen molar-refractivity contribution in [2.24, 2.45) is 22.7 Å². The molecule has 0 aromatic carbocycles. The van der Waals surface area contributed by atoms with Gasteiger partial charge in [0, 0.05) is 12.2 Å². The summed E-state index contributed by atoms with van der Waals surface area (Å²) in [6.45, 7) is 5.23. The minimum atomic E-state index is -1.17. The minimum Gasteiger partial charge on any atom is -0.462 e. The van der Waals surface area contributed by atoms with Gasteiger partial charge in [0.15, 0.2) is 0 Å². The SMILES string of the molecule is C=CC(=O)OCC(O)COC(=O)C12CC3CC(C1)CC(C(=O)OCC(O)COC(=O)C=C)(C3)C2. The van der Waals surface area contributed by atoms with Crippen LogP contribution in [-0.2, 0) is 38.1 Å². The molecule has 0 aromatic rings. The molecule has 4 aliphatic carbocycles. The van der Waals surface area contributed by atoms with E-state index in [1.807, 2.05) is 0 Å². The highest BCUT2D eigenvalue weighted by molar-refractivity contribution is 5.83. The third-order valence-corrected chi connectivity index (χ3v) is 6.91. The monoisotopic (exact) mass is 480 g/mol. The Morgan fingerprint density at radius 1 is 0.735 bits per heavy atom. The summed E-state index contributed by atoms with van der Waals surface area (Å²) in [5, 5.41) is 19.9. The van der Waals surface area contributed by atoms with E-state index < -0.39 is 46.9 Å². The molecule has 2 unspecified atom stereocenters. The van der Waals surface area contributed by atoms with Gasteiger partial charge in [-0.05, 0) is 50.4 Å². The van der Waals surface area contributed by atoms with Crippen molar-refractivity contribution in [1.82, 2.24) is 0 Å². The van der Waals surface area contributed by atoms with Gasteiger partial charge in [0.1, 0.15) is 38.6 Å². The minimum absolute atomic E-state index is 0.179. The van der Waals surface area contributed by atoms with Crippen molar-refractivity contribution in [3.05, 3.63) is 25.3 Å². The Morgan fingerprint density at radius 2 is 1.09 bits per heavy atom. The Balaban J connectivity index is 1.57.